The molecule has 5 nitrogen and oxygen atoms in total. The van der Waals surface area contributed by atoms with Crippen LogP contribution in [-0.2, 0) is 20.9 Å². The Balaban J connectivity index is 2.06. The fourth-order valence-corrected chi connectivity index (χ4v) is 4.50. The van der Waals surface area contributed by atoms with Crippen LogP contribution in [0.15, 0.2) is 23.2 Å². The molecule has 0 N–H and O–H groups in total. The summed E-state index contributed by atoms with van der Waals surface area (Å²) in [5.74, 6) is 0.0368. The number of hydrogen-bond donors (Lipinski definition) is 0. The number of benzene rings is 1. The molecule has 0 radical (unpaired) electrons. The molecular formula is C20H26N2O3S. The molecule has 1 aliphatic rings. The van der Waals surface area contributed by atoms with Gasteiger partial charge in [0.1, 0.15) is 6.54 Å². The lowest BCUT2D eigenvalue weighted by Crippen LogP contribution is -2.24. The highest BCUT2D eigenvalue weighted by Crippen LogP contribution is 2.26. The predicted molar refractivity (Wildman–Crippen MR) is 103 cm³/mol. The van der Waals surface area contributed by atoms with Crippen LogP contribution in [0.5, 0.6) is 0 Å². The molecule has 2 aromatic rings. The average Bonchev–Trinajstić information content (AvgIpc) is 2.98. The second kappa shape index (κ2) is 8.16. The zero-order chi connectivity index (χ0) is 18.7. The minimum absolute atomic E-state index is 0.0202. The molecule has 3 rings (SSSR count). The van der Waals surface area contributed by atoms with Gasteiger partial charge < -0.3 is 9.30 Å². The number of carbonyl (C=O) groups is 2. The third-order valence-electron chi connectivity index (χ3n) is 5.05. The summed E-state index contributed by atoms with van der Waals surface area (Å²) in [6.45, 7) is 4.36. The molecule has 26 heavy (non-hydrogen) atoms. The van der Waals surface area contributed by atoms with E-state index in [1.165, 1.54) is 30.4 Å². The van der Waals surface area contributed by atoms with Crippen molar-refractivity contribution >= 4 is 33.4 Å². The Morgan fingerprint density at radius 3 is 2.65 bits per heavy atom. The SMILES string of the molecule is COC(=O)Cn1c(=NC(=O)C2CCCCC2)sc2cc(C(C)C)ccc21. The van der Waals surface area contributed by atoms with Crippen molar-refractivity contribution in [3.05, 3.63) is 28.6 Å². The van der Waals surface area contributed by atoms with Crippen LogP contribution < -0.4 is 4.80 Å². The van der Waals surface area contributed by atoms with Gasteiger partial charge in [0, 0.05) is 5.92 Å². The topological polar surface area (TPSA) is 60.7 Å². The number of rotatable bonds is 4. The third kappa shape index (κ3) is 4.06. The molecule has 1 aromatic heterocycles. The van der Waals surface area contributed by atoms with E-state index < -0.39 is 0 Å². The molecule has 0 unspecified atom stereocenters. The summed E-state index contributed by atoms with van der Waals surface area (Å²) in [6.07, 6.45) is 5.23. The fraction of sp³-hybridized carbons (Fsp3) is 0.550. The van der Waals surface area contributed by atoms with Crippen LogP contribution in [0.25, 0.3) is 10.2 Å². The minimum atomic E-state index is -0.343. The van der Waals surface area contributed by atoms with Crippen LogP contribution in [-0.4, -0.2) is 23.6 Å². The number of thiazole rings is 1. The van der Waals surface area contributed by atoms with Gasteiger partial charge in [0.15, 0.2) is 4.80 Å². The van der Waals surface area contributed by atoms with Crippen molar-refractivity contribution in [2.24, 2.45) is 10.9 Å². The van der Waals surface area contributed by atoms with Gasteiger partial charge >= 0.3 is 5.97 Å². The van der Waals surface area contributed by atoms with E-state index >= 15 is 0 Å². The number of amides is 1. The molecule has 1 saturated carbocycles. The molecular weight excluding hydrogens is 348 g/mol. The molecule has 0 aliphatic heterocycles. The van der Waals surface area contributed by atoms with E-state index in [0.717, 1.165) is 35.9 Å². The number of fused-ring (bicyclic) bond motifs is 1. The number of hydrogen-bond acceptors (Lipinski definition) is 4. The Labute approximate surface area is 157 Å². The molecule has 1 aliphatic carbocycles. The lowest BCUT2D eigenvalue weighted by Gasteiger charge is -2.17. The van der Waals surface area contributed by atoms with E-state index in [1.807, 2.05) is 6.07 Å². The van der Waals surface area contributed by atoms with E-state index in [1.54, 1.807) is 4.57 Å². The van der Waals surface area contributed by atoms with Gasteiger partial charge in [0.05, 0.1) is 17.3 Å². The number of ether oxygens (including phenoxy) is 1. The summed E-state index contributed by atoms with van der Waals surface area (Å²) >= 11 is 1.47. The second-order valence-electron chi connectivity index (χ2n) is 7.21. The quantitative estimate of drug-likeness (QED) is 0.760. The van der Waals surface area contributed by atoms with Crippen molar-refractivity contribution in [2.45, 2.75) is 58.4 Å². The maximum atomic E-state index is 12.6. The zero-order valence-electron chi connectivity index (χ0n) is 15.7. The third-order valence-corrected chi connectivity index (χ3v) is 6.09. The fourth-order valence-electron chi connectivity index (χ4n) is 3.42. The smallest absolute Gasteiger partial charge is 0.325 e. The zero-order valence-corrected chi connectivity index (χ0v) is 16.5. The Morgan fingerprint density at radius 1 is 1.27 bits per heavy atom. The Hall–Kier alpha value is -1.95. The number of esters is 1. The Bertz CT molecular complexity index is 873. The Morgan fingerprint density at radius 2 is 2.00 bits per heavy atom. The van der Waals surface area contributed by atoms with E-state index in [2.05, 4.69) is 31.0 Å². The van der Waals surface area contributed by atoms with Crippen LogP contribution in [0.3, 0.4) is 0 Å². The van der Waals surface area contributed by atoms with Gasteiger partial charge in [0.2, 0.25) is 0 Å². The van der Waals surface area contributed by atoms with E-state index in [9.17, 15) is 9.59 Å². The summed E-state index contributed by atoms with van der Waals surface area (Å²) in [7, 11) is 1.37. The molecule has 1 fully saturated rings. The summed E-state index contributed by atoms with van der Waals surface area (Å²) in [6, 6.07) is 6.21. The lowest BCUT2D eigenvalue weighted by atomic mass is 9.89. The van der Waals surface area contributed by atoms with Crippen LogP contribution in [0.2, 0.25) is 0 Å². The molecule has 0 saturated heterocycles. The predicted octanol–water partition coefficient (Wildman–Crippen LogP) is 4.01. The van der Waals surface area contributed by atoms with Gasteiger partial charge in [-0.15, -0.1) is 0 Å². The number of carbonyl (C=O) groups excluding carboxylic acids is 2. The van der Waals surface area contributed by atoms with Crippen molar-refractivity contribution in [3.63, 3.8) is 0 Å². The molecule has 1 aromatic carbocycles. The highest BCUT2D eigenvalue weighted by atomic mass is 32.1. The van der Waals surface area contributed by atoms with Crippen LogP contribution >= 0.6 is 11.3 Å². The average molecular weight is 375 g/mol. The summed E-state index contributed by atoms with van der Waals surface area (Å²) < 4.78 is 7.67. The molecule has 0 atom stereocenters. The van der Waals surface area contributed by atoms with Crippen LogP contribution in [0.4, 0.5) is 0 Å². The van der Waals surface area contributed by atoms with Crippen molar-refractivity contribution in [3.8, 4) is 0 Å². The highest BCUT2D eigenvalue weighted by molar-refractivity contribution is 7.16. The molecule has 1 amide bonds. The first kappa shape index (κ1) is 18.8. The molecule has 0 bridgehead atoms. The van der Waals surface area contributed by atoms with E-state index in [4.69, 9.17) is 4.74 Å². The first-order valence-corrected chi connectivity index (χ1v) is 10.1. The normalized spacial score (nSPS) is 16.4. The monoisotopic (exact) mass is 374 g/mol. The summed E-state index contributed by atoms with van der Waals surface area (Å²) in [4.78, 5) is 29.5. The van der Waals surface area contributed by atoms with E-state index in [-0.39, 0.29) is 24.3 Å². The van der Waals surface area contributed by atoms with Crippen molar-refractivity contribution in [2.75, 3.05) is 7.11 Å². The number of aromatic nitrogens is 1. The van der Waals surface area contributed by atoms with Gasteiger partial charge in [-0.1, -0.05) is 50.5 Å². The molecule has 140 valence electrons. The van der Waals surface area contributed by atoms with Crippen molar-refractivity contribution < 1.29 is 14.3 Å². The first-order valence-electron chi connectivity index (χ1n) is 9.28. The van der Waals surface area contributed by atoms with Crippen LogP contribution in [0, 0.1) is 5.92 Å². The second-order valence-corrected chi connectivity index (χ2v) is 8.22. The number of methoxy groups -OCH3 is 1. The largest absolute Gasteiger partial charge is 0.468 e. The summed E-state index contributed by atoms with van der Waals surface area (Å²) in [5, 5.41) is 0. The van der Waals surface area contributed by atoms with Crippen molar-refractivity contribution in [1.82, 2.24) is 4.57 Å². The van der Waals surface area contributed by atoms with Crippen LogP contribution in [0.1, 0.15) is 57.4 Å². The molecule has 0 spiro atoms. The van der Waals surface area contributed by atoms with Gasteiger partial charge in [-0.3, -0.25) is 9.59 Å². The van der Waals surface area contributed by atoms with Gasteiger partial charge in [-0.2, -0.15) is 4.99 Å². The van der Waals surface area contributed by atoms with Gasteiger partial charge in [-0.25, -0.2) is 0 Å². The van der Waals surface area contributed by atoms with Gasteiger partial charge in [-0.05, 0) is 36.5 Å². The minimum Gasteiger partial charge on any atom is -0.468 e. The lowest BCUT2D eigenvalue weighted by molar-refractivity contribution is -0.141. The molecule has 1 heterocycles. The van der Waals surface area contributed by atoms with Gasteiger partial charge in [0.25, 0.3) is 5.91 Å². The maximum absolute atomic E-state index is 12.6. The standard InChI is InChI=1S/C20H26N2O3S/c1-13(2)15-9-10-16-17(11-15)26-20(22(16)12-18(23)25-3)21-19(24)14-7-5-4-6-8-14/h9-11,13-14H,4-8,12H2,1-3H3. The van der Waals surface area contributed by atoms with E-state index in [0.29, 0.717) is 10.7 Å². The maximum Gasteiger partial charge on any atom is 0.325 e. The first-order chi connectivity index (χ1) is 12.5. The highest BCUT2D eigenvalue weighted by Gasteiger charge is 2.21. The van der Waals surface area contributed by atoms with Crippen molar-refractivity contribution in [1.29, 1.82) is 0 Å². The number of nitrogens with zero attached hydrogens (tertiary/aromatic N) is 2. The molecule has 6 heteroatoms. The summed E-state index contributed by atoms with van der Waals surface area (Å²) in [5.41, 5.74) is 2.15. The Kier molecular flexibility index (Phi) is 5.91.